The second-order valence-corrected chi connectivity index (χ2v) is 13.8. The summed E-state index contributed by atoms with van der Waals surface area (Å²) in [4.78, 5) is 30.4. The third-order valence-corrected chi connectivity index (χ3v) is 11.3. The molecule has 234 valence electrons. The van der Waals surface area contributed by atoms with Gasteiger partial charge in [-0.15, -0.1) is 0 Å². The van der Waals surface area contributed by atoms with Gasteiger partial charge in [-0.25, -0.2) is 0 Å². The van der Waals surface area contributed by atoms with Crippen molar-refractivity contribution < 1.29 is 19.8 Å². The Bertz CT molecular complexity index is 981. The van der Waals surface area contributed by atoms with Gasteiger partial charge in [-0.2, -0.15) is 0 Å². The molecule has 4 fully saturated rings. The zero-order valence-corrected chi connectivity index (χ0v) is 26.0. The Hall–Kier alpha value is -1.92. The van der Waals surface area contributed by atoms with Crippen molar-refractivity contribution in [2.75, 3.05) is 13.1 Å². The van der Waals surface area contributed by atoms with Gasteiger partial charge in [0.05, 0.1) is 11.9 Å². The summed E-state index contributed by atoms with van der Waals surface area (Å²) in [7, 11) is 0. The van der Waals surface area contributed by atoms with E-state index in [9.17, 15) is 19.8 Å². The van der Waals surface area contributed by atoms with Crippen molar-refractivity contribution in [1.29, 1.82) is 0 Å². The van der Waals surface area contributed by atoms with Gasteiger partial charge in [-0.05, 0) is 75.3 Å². The first-order chi connectivity index (χ1) is 20.5. The normalized spacial score (nSPS) is 22.1. The average molecular weight is 579 g/mol. The molecule has 4 aliphatic rings. The molecular weight excluding hydrogens is 524 g/mol. The predicted molar refractivity (Wildman–Crippen MR) is 163 cm³/mol. The molecule has 4 saturated carbocycles. The van der Waals surface area contributed by atoms with Crippen molar-refractivity contribution in [2.24, 2.45) is 0 Å². The lowest BCUT2D eigenvalue weighted by atomic mass is 9.86. The first-order valence-electron chi connectivity index (χ1n) is 17.6. The molecule has 5 rings (SSSR count). The number of aromatic carboxylic acids is 2. The summed E-state index contributed by atoms with van der Waals surface area (Å²) in [6.45, 7) is 1.53. The molecule has 0 amide bonds. The van der Waals surface area contributed by atoms with Crippen molar-refractivity contribution in [3.8, 4) is 0 Å². The zero-order valence-electron chi connectivity index (χ0n) is 26.0. The Kier molecular flexibility index (Phi) is 11.8. The van der Waals surface area contributed by atoms with Gasteiger partial charge in [0.2, 0.25) is 0 Å². The fraction of sp³-hybridized carbons (Fsp3) is 0.778. The number of nitrogens with zero attached hydrogens (tertiary/aromatic N) is 2. The standard InChI is InChI=1S/C36H56N2O4/c39-35(40)33-22-21-27(23-25-37(28-13-5-1-6-14-28)29-15-7-2-8-16-29)34(36(41)42)32(33)24-26-38(30-17-9-3-10-18-30)31-19-11-4-12-20-31/h21-22,28-31H,1-20,23-26H2,(H,39,40)(H,41,42)/p-2. The second kappa shape index (κ2) is 15.7. The molecule has 1 aromatic rings. The lowest BCUT2D eigenvalue weighted by Crippen LogP contribution is -2.46. The molecule has 0 atom stereocenters. The van der Waals surface area contributed by atoms with E-state index in [1.807, 2.05) is 0 Å². The topological polar surface area (TPSA) is 86.7 Å². The van der Waals surface area contributed by atoms with Gasteiger partial charge in [0.15, 0.2) is 0 Å². The van der Waals surface area contributed by atoms with Gasteiger partial charge in [-0.3, -0.25) is 9.80 Å². The quantitative estimate of drug-likeness (QED) is 0.329. The van der Waals surface area contributed by atoms with Crippen LogP contribution in [0.15, 0.2) is 12.1 Å². The highest BCUT2D eigenvalue weighted by Gasteiger charge is 2.31. The van der Waals surface area contributed by atoms with Crippen molar-refractivity contribution in [3.63, 3.8) is 0 Å². The largest absolute Gasteiger partial charge is 0.545 e. The molecule has 1 aromatic carbocycles. The number of carbonyl (C=O) groups excluding carboxylic acids is 2. The molecule has 0 spiro atoms. The lowest BCUT2D eigenvalue weighted by Gasteiger charge is -2.42. The maximum atomic E-state index is 12.8. The molecular formula is C36H54N2O4-2. The van der Waals surface area contributed by atoms with E-state index in [2.05, 4.69) is 9.80 Å². The third kappa shape index (κ3) is 7.96. The monoisotopic (exact) mass is 578 g/mol. The molecule has 0 radical (unpaired) electrons. The van der Waals surface area contributed by atoms with Gasteiger partial charge in [-0.1, -0.05) is 89.2 Å². The van der Waals surface area contributed by atoms with E-state index in [4.69, 9.17) is 0 Å². The van der Waals surface area contributed by atoms with E-state index < -0.39 is 11.9 Å². The van der Waals surface area contributed by atoms with Gasteiger partial charge in [0.1, 0.15) is 0 Å². The number of carboxylic acids is 2. The van der Waals surface area contributed by atoms with Crippen LogP contribution in [0.5, 0.6) is 0 Å². The van der Waals surface area contributed by atoms with Crippen molar-refractivity contribution in [3.05, 3.63) is 34.4 Å². The van der Waals surface area contributed by atoms with Crippen LogP contribution in [0.2, 0.25) is 0 Å². The molecule has 0 aliphatic heterocycles. The van der Waals surface area contributed by atoms with Crippen LogP contribution in [0.3, 0.4) is 0 Å². The van der Waals surface area contributed by atoms with E-state index in [1.165, 1.54) is 128 Å². The third-order valence-electron chi connectivity index (χ3n) is 11.3. The van der Waals surface area contributed by atoms with Crippen LogP contribution in [0.25, 0.3) is 0 Å². The Labute approximate surface area is 254 Å². The van der Waals surface area contributed by atoms with Gasteiger partial charge >= 0.3 is 0 Å². The van der Waals surface area contributed by atoms with Crippen molar-refractivity contribution in [1.82, 2.24) is 9.80 Å². The molecule has 0 saturated heterocycles. The molecule has 0 heterocycles. The van der Waals surface area contributed by atoms with Crippen LogP contribution in [0, 0.1) is 0 Å². The maximum Gasteiger partial charge on any atom is 0.0721 e. The number of hydrogen-bond donors (Lipinski definition) is 0. The maximum absolute atomic E-state index is 12.8. The number of benzene rings is 1. The molecule has 6 heteroatoms. The molecule has 0 N–H and O–H groups in total. The lowest BCUT2D eigenvalue weighted by molar-refractivity contribution is -0.255. The van der Waals surface area contributed by atoms with Crippen LogP contribution in [-0.2, 0) is 12.8 Å². The average Bonchev–Trinajstić information content (AvgIpc) is 3.03. The highest BCUT2D eigenvalue weighted by molar-refractivity contribution is 5.96. The smallest absolute Gasteiger partial charge is 0.0721 e. The van der Waals surface area contributed by atoms with E-state index >= 15 is 0 Å². The Morgan fingerprint density at radius 1 is 0.548 bits per heavy atom. The molecule has 0 aromatic heterocycles. The summed E-state index contributed by atoms with van der Waals surface area (Å²) in [6, 6.07) is 5.54. The van der Waals surface area contributed by atoms with E-state index in [-0.39, 0.29) is 11.1 Å². The highest BCUT2D eigenvalue weighted by atomic mass is 16.4. The van der Waals surface area contributed by atoms with Gasteiger partial charge in [0.25, 0.3) is 0 Å². The van der Waals surface area contributed by atoms with Gasteiger partial charge < -0.3 is 19.8 Å². The number of rotatable bonds is 12. The van der Waals surface area contributed by atoms with Crippen LogP contribution in [0.4, 0.5) is 0 Å². The van der Waals surface area contributed by atoms with Crippen LogP contribution < -0.4 is 10.2 Å². The minimum absolute atomic E-state index is 0.0293. The number of carbonyl (C=O) groups is 2. The summed E-state index contributed by atoms with van der Waals surface area (Å²) in [5, 5.41) is 25.1. The molecule has 6 nitrogen and oxygen atoms in total. The van der Waals surface area contributed by atoms with Crippen molar-refractivity contribution >= 4 is 11.9 Å². The van der Waals surface area contributed by atoms with Crippen molar-refractivity contribution in [2.45, 2.75) is 165 Å². The first kappa shape index (κ1) is 31.5. The summed E-state index contributed by atoms with van der Waals surface area (Å²) >= 11 is 0. The second-order valence-electron chi connectivity index (χ2n) is 13.8. The molecule has 42 heavy (non-hydrogen) atoms. The summed E-state index contributed by atoms with van der Waals surface area (Å²) < 4.78 is 0. The minimum Gasteiger partial charge on any atom is -0.545 e. The van der Waals surface area contributed by atoms with Gasteiger partial charge in [0, 0.05) is 48.4 Å². The SMILES string of the molecule is O=C([O-])c1ccc(CCN(C2CCCCC2)C2CCCCC2)c(C(=O)[O-])c1CCN(C1CCCCC1)C1CCCCC1. The Morgan fingerprint density at radius 2 is 0.929 bits per heavy atom. The predicted octanol–water partition coefficient (Wildman–Crippen LogP) is 5.43. The van der Waals surface area contributed by atoms with E-state index in [0.717, 1.165) is 12.1 Å². The van der Waals surface area contributed by atoms with Crippen LogP contribution in [-0.4, -0.2) is 59.0 Å². The minimum atomic E-state index is -1.29. The van der Waals surface area contributed by atoms with E-state index in [0.29, 0.717) is 49.1 Å². The summed E-state index contributed by atoms with van der Waals surface area (Å²) in [5.41, 5.74) is 1.30. The molecule has 0 unspecified atom stereocenters. The number of hydrogen-bond acceptors (Lipinski definition) is 6. The number of carboxylic acid groups (broad SMARTS) is 2. The Balaban J connectivity index is 1.39. The zero-order chi connectivity index (χ0) is 29.3. The molecule has 4 aliphatic carbocycles. The van der Waals surface area contributed by atoms with E-state index in [1.54, 1.807) is 12.1 Å². The molecule has 0 bridgehead atoms. The van der Waals surface area contributed by atoms with Crippen LogP contribution in [0.1, 0.15) is 160 Å². The Morgan fingerprint density at radius 3 is 1.29 bits per heavy atom. The summed E-state index contributed by atoms with van der Waals surface area (Å²) in [6.07, 6.45) is 26.0. The summed E-state index contributed by atoms with van der Waals surface area (Å²) in [5.74, 6) is -2.53. The highest BCUT2D eigenvalue weighted by Crippen LogP contribution is 2.33. The fourth-order valence-corrected chi connectivity index (χ4v) is 9.08. The first-order valence-corrected chi connectivity index (χ1v) is 17.6. The van der Waals surface area contributed by atoms with Crippen LogP contribution >= 0.6 is 0 Å². The fourth-order valence-electron chi connectivity index (χ4n) is 9.08.